The van der Waals surface area contributed by atoms with Gasteiger partial charge in [0.25, 0.3) is 11.6 Å². The molecule has 0 aliphatic rings. The summed E-state index contributed by atoms with van der Waals surface area (Å²) in [6.07, 6.45) is 0. The van der Waals surface area contributed by atoms with E-state index >= 15 is 0 Å². The van der Waals surface area contributed by atoms with Crippen LogP contribution in [0.1, 0.15) is 26.3 Å². The van der Waals surface area contributed by atoms with Crippen LogP contribution in [0.4, 0.5) is 11.4 Å². The predicted molar refractivity (Wildman–Crippen MR) is 92.0 cm³/mol. The number of nitro groups is 1. The van der Waals surface area contributed by atoms with Crippen molar-refractivity contribution in [2.24, 2.45) is 0 Å². The monoisotopic (exact) mass is 343 g/mol. The molecule has 2 aromatic rings. The number of carboxylic acid groups (broad SMARTS) is 1. The van der Waals surface area contributed by atoms with E-state index in [9.17, 15) is 19.7 Å². The third kappa shape index (κ3) is 4.31. The molecule has 0 aliphatic carbocycles. The molecule has 0 saturated carbocycles. The molecule has 0 aromatic heterocycles. The van der Waals surface area contributed by atoms with Crippen LogP contribution in [-0.4, -0.2) is 36.0 Å². The minimum atomic E-state index is -1.32. The summed E-state index contributed by atoms with van der Waals surface area (Å²) < 4.78 is 0. The fourth-order valence-corrected chi connectivity index (χ4v) is 2.21. The first kappa shape index (κ1) is 17.9. The van der Waals surface area contributed by atoms with Crippen LogP contribution in [-0.2, 0) is 6.54 Å². The Bertz CT molecular complexity index is 816. The Balaban J connectivity index is 2.18. The van der Waals surface area contributed by atoms with Crippen LogP contribution in [0.2, 0.25) is 0 Å². The summed E-state index contributed by atoms with van der Waals surface area (Å²) in [5.74, 6) is -2.01. The summed E-state index contributed by atoms with van der Waals surface area (Å²) >= 11 is 0. The number of aromatic carboxylic acids is 1. The van der Waals surface area contributed by atoms with Gasteiger partial charge >= 0.3 is 5.97 Å². The van der Waals surface area contributed by atoms with Gasteiger partial charge in [0.05, 0.1) is 16.1 Å². The number of anilines is 1. The molecule has 1 amide bonds. The minimum Gasteiger partial charge on any atom is -0.478 e. The van der Waals surface area contributed by atoms with Crippen molar-refractivity contribution < 1.29 is 19.6 Å². The molecule has 2 rings (SSSR count). The topological polar surface area (TPSA) is 113 Å². The lowest BCUT2D eigenvalue weighted by Crippen LogP contribution is -2.25. The van der Waals surface area contributed by atoms with Crippen LogP contribution in [0.15, 0.2) is 42.5 Å². The van der Waals surface area contributed by atoms with Gasteiger partial charge in [-0.2, -0.15) is 0 Å². The summed E-state index contributed by atoms with van der Waals surface area (Å²) in [4.78, 5) is 35.6. The number of carboxylic acids is 1. The van der Waals surface area contributed by atoms with E-state index < -0.39 is 16.8 Å². The molecule has 0 fully saturated rings. The highest BCUT2D eigenvalue weighted by molar-refractivity contribution is 6.05. The lowest BCUT2D eigenvalue weighted by molar-refractivity contribution is -0.384. The molecule has 25 heavy (non-hydrogen) atoms. The fraction of sp³-hybridized carbons (Fsp3) is 0.176. The normalized spacial score (nSPS) is 10.2. The molecule has 0 aliphatic heterocycles. The third-order valence-electron chi connectivity index (χ3n) is 3.59. The van der Waals surface area contributed by atoms with Crippen LogP contribution < -0.4 is 10.2 Å². The number of benzene rings is 2. The van der Waals surface area contributed by atoms with E-state index in [1.807, 2.05) is 43.3 Å². The maximum atomic E-state index is 12.3. The van der Waals surface area contributed by atoms with Gasteiger partial charge in [-0.3, -0.25) is 14.9 Å². The van der Waals surface area contributed by atoms with Gasteiger partial charge < -0.3 is 15.3 Å². The van der Waals surface area contributed by atoms with Crippen molar-refractivity contribution in [3.8, 4) is 0 Å². The van der Waals surface area contributed by atoms with Gasteiger partial charge in [0.15, 0.2) is 0 Å². The Morgan fingerprint density at radius 3 is 2.28 bits per heavy atom. The smallest absolute Gasteiger partial charge is 0.336 e. The van der Waals surface area contributed by atoms with Gasteiger partial charge in [-0.25, -0.2) is 4.79 Å². The van der Waals surface area contributed by atoms with Crippen molar-refractivity contribution >= 4 is 23.3 Å². The van der Waals surface area contributed by atoms with Crippen LogP contribution in [0.25, 0.3) is 0 Å². The number of rotatable bonds is 6. The van der Waals surface area contributed by atoms with Gasteiger partial charge in [0.1, 0.15) is 0 Å². The number of hydrogen-bond donors (Lipinski definition) is 2. The van der Waals surface area contributed by atoms with Gasteiger partial charge in [-0.05, 0) is 23.8 Å². The quantitative estimate of drug-likeness (QED) is 0.614. The molecule has 0 spiro atoms. The number of hydrogen-bond acceptors (Lipinski definition) is 5. The second-order valence-electron chi connectivity index (χ2n) is 5.54. The van der Waals surface area contributed by atoms with Crippen LogP contribution >= 0.6 is 0 Å². The molecule has 0 saturated heterocycles. The highest BCUT2D eigenvalue weighted by Crippen LogP contribution is 2.18. The molecular weight excluding hydrogens is 326 g/mol. The number of nitrogens with one attached hydrogen (secondary N) is 1. The van der Waals surface area contributed by atoms with Crippen LogP contribution in [0.3, 0.4) is 0 Å². The maximum absolute atomic E-state index is 12.3. The van der Waals surface area contributed by atoms with E-state index in [0.29, 0.717) is 0 Å². The molecule has 8 heteroatoms. The zero-order valence-electron chi connectivity index (χ0n) is 13.7. The van der Waals surface area contributed by atoms with Gasteiger partial charge in [-0.15, -0.1) is 0 Å². The van der Waals surface area contributed by atoms with E-state index in [-0.39, 0.29) is 23.4 Å². The molecule has 130 valence electrons. The molecule has 0 bridgehead atoms. The van der Waals surface area contributed by atoms with E-state index in [1.54, 1.807) is 0 Å². The predicted octanol–water partition coefficient (Wildman–Crippen LogP) is 2.29. The van der Waals surface area contributed by atoms with Crippen molar-refractivity contribution in [1.82, 2.24) is 5.32 Å². The van der Waals surface area contributed by atoms with Crippen LogP contribution in [0.5, 0.6) is 0 Å². The second kappa shape index (κ2) is 7.43. The molecule has 2 aromatic carbocycles. The average molecular weight is 343 g/mol. The maximum Gasteiger partial charge on any atom is 0.336 e. The van der Waals surface area contributed by atoms with Crippen molar-refractivity contribution in [2.75, 3.05) is 19.0 Å². The lowest BCUT2D eigenvalue weighted by atomic mass is 10.1. The Labute approximate surface area is 143 Å². The molecule has 0 radical (unpaired) electrons. The summed E-state index contributed by atoms with van der Waals surface area (Å²) in [5, 5.41) is 22.6. The number of carbonyl (C=O) groups excluding carboxylic acids is 1. The first-order valence-electron chi connectivity index (χ1n) is 7.36. The highest BCUT2D eigenvalue weighted by Gasteiger charge is 2.20. The fourth-order valence-electron chi connectivity index (χ4n) is 2.21. The van der Waals surface area contributed by atoms with E-state index in [4.69, 9.17) is 5.11 Å². The van der Waals surface area contributed by atoms with Gasteiger partial charge in [0.2, 0.25) is 0 Å². The van der Waals surface area contributed by atoms with Gasteiger partial charge in [-0.1, -0.05) is 12.1 Å². The Hall–Kier alpha value is -3.42. The number of non-ortho nitro benzene ring substituents is 1. The SMILES string of the molecule is CN(C)c1ccc(CNC(=O)c2cc([N+](=O)[O-])ccc2C(=O)O)cc1. The first-order chi connectivity index (χ1) is 11.8. The Morgan fingerprint density at radius 1 is 1.12 bits per heavy atom. The summed E-state index contributed by atoms with van der Waals surface area (Å²) in [6, 6.07) is 10.5. The minimum absolute atomic E-state index is 0.175. The average Bonchev–Trinajstić information content (AvgIpc) is 2.59. The summed E-state index contributed by atoms with van der Waals surface area (Å²) in [5.41, 5.74) is 0.950. The highest BCUT2D eigenvalue weighted by atomic mass is 16.6. The molecule has 0 unspecified atom stereocenters. The number of nitrogens with zero attached hydrogens (tertiary/aromatic N) is 2. The summed E-state index contributed by atoms with van der Waals surface area (Å²) in [6.45, 7) is 0.175. The summed E-state index contributed by atoms with van der Waals surface area (Å²) in [7, 11) is 3.82. The zero-order valence-corrected chi connectivity index (χ0v) is 13.7. The van der Waals surface area contributed by atoms with Crippen molar-refractivity contribution in [3.05, 3.63) is 69.3 Å². The molecular formula is C17H17N3O5. The number of nitro benzene ring substituents is 1. The van der Waals surface area contributed by atoms with Crippen molar-refractivity contribution in [3.63, 3.8) is 0 Å². The van der Waals surface area contributed by atoms with Gasteiger partial charge in [0, 0.05) is 38.5 Å². The van der Waals surface area contributed by atoms with Crippen molar-refractivity contribution in [2.45, 2.75) is 6.54 Å². The Morgan fingerprint density at radius 2 is 1.76 bits per heavy atom. The number of amides is 1. The molecule has 0 heterocycles. The largest absolute Gasteiger partial charge is 0.478 e. The first-order valence-corrected chi connectivity index (χ1v) is 7.36. The molecule has 8 nitrogen and oxygen atoms in total. The Kier molecular flexibility index (Phi) is 5.33. The van der Waals surface area contributed by atoms with E-state index in [0.717, 1.165) is 29.4 Å². The van der Waals surface area contributed by atoms with Crippen molar-refractivity contribution in [1.29, 1.82) is 0 Å². The zero-order chi connectivity index (χ0) is 18.6. The third-order valence-corrected chi connectivity index (χ3v) is 3.59. The molecule has 2 N–H and O–H groups in total. The number of carbonyl (C=O) groups is 2. The van der Waals surface area contributed by atoms with Crippen LogP contribution in [0, 0.1) is 10.1 Å². The lowest BCUT2D eigenvalue weighted by Gasteiger charge is -2.13. The van der Waals surface area contributed by atoms with E-state index in [2.05, 4.69) is 5.32 Å². The second-order valence-corrected chi connectivity index (χ2v) is 5.54. The molecule has 0 atom stereocenters. The standard InChI is InChI=1S/C17H17N3O5/c1-19(2)12-5-3-11(4-6-12)10-18-16(21)15-9-13(20(24)25)7-8-14(15)17(22)23/h3-9H,10H2,1-2H3,(H,18,21)(H,22,23). The van der Waals surface area contributed by atoms with E-state index in [1.165, 1.54) is 0 Å².